The molecule has 0 aliphatic rings. The molecule has 0 radical (unpaired) electrons. The van der Waals surface area contributed by atoms with Crippen molar-refractivity contribution in [1.29, 1.82) is 0 Å². The van der Waals surface area contributed by atoms with Gasteiger partial charge in [0.1, 0.15) is 16.7 Å². The summed E-state index contributed by atoms with van der Waals surface area (Å²) in [7, 11) is -3.82. The lowest BCUT2D eigenvalue weighted by Crippen LogP contribution is -2.42. The van der Waals surface area contributed by atoms with Gasteiger partial charge in [-0.05, 0) is 42.0 Å². The highest BCUT2D eigenvalue weighted by Crippen LogP contribution is 2.20. The maximum Gasteiger partial charge on any atom is 0.288 e. The second-order valence-electron chi connectivity index (χ2n) is 8.01. The second kappa shape index (κ2) is 11.1. The zero-order chi connectivity index (χ0) is 25.5. The molecule has 1 atom stereocenters. The number of rotatable bonds is 10. The summed E-state index contributed by atoms with van der Waals surface area (Å²) < 4.78 is 37.8. The van der Waals surface area contributed by atoms with E-state index in [4.69, 9.17) is 14.4 Å². The number of fused-ring (bicyclic) bond motifs is 1. The first-order valence-corrected chi connectivity index (χ1v) is 12.8. The van der Waals surface area contributed by atoms with E-state index in [1.165, 1.54) is 24.3 Å². The van der Waals surface area contributed by atoms with Gasteiger partial charge in [-0.15, -0.1) is 0 Å². The first-order valence-electron chi connectivity index (χ1n) is 11.1. The molecule has 9 nitrogen and oxygen atoms in total. The highest BCUT2D eigenvalue weighted by atomic mass is 32.2. The third-order valence-corrected chi connectivity index (χ3v) is 7.41. The van der Waals surface area contributed by atoms with E-state index >= 15 is 0 Å². The van der Waals surface area contributed by atoms with Gasteiger partial charge >= 0.3 is 0 Å². The number of hydrogen-bond acceptors (Lipinski definition) is 7. The molecule has 1 unspecified atom stereocenters. The number of sulfone groups is 1. The summed E-state index contributed by atoms with van der Waals surface area (Å²) in [5.74, 6) is -1.17. The molecule has 0 fully saturated rings. The molecule has 0 saturated heterocycles. The van der Waals surface area contributed by atoms with Crippen molar-refractivity contribution in [1.82, 2.24) is 10.8 Å². The van der Waals surface area contributed by atoms with E-state index < -0.39 is 27.0 Å². The molecule has 3 aromatic carbocycles. The van der Waals surface area contributed by atoms with Crippen molar-refractivity contribution in [2.45, 2.75) is 17.5 Å². The summed E-state index contributed by atoms with van der Waals surface area (Å²) in [6.45, 7) is -0.0232. The Hall–Kier alpha value is -4.15. The lowest BCUT2D eigenvalue weighted by atomic mass is 10.2. The number of nitrogens with one attached hydrogen (secondary N) is 2. The molecule has 3 N–H and O–H groups in total. The second-order valence-corrected chi connectivity index (χ2v) is 10.2. The van der Waals surface area contributed by atoms with Crippen molar-refractivity contribution in [3.8, 4) is 5.75 Å². The number of benzene rings is 3. The number of ether oxygens (including phenoxy) is 1. The fourth-order valence-corrected chi connectivity index (χ4v) is 5.21. The van der Waals surface area contributed by atoms with Gasteiger partial charge in [0.05, 0.1) is 12.4 Å². The number of furan rings is 1. The monoisotopic (exact) mass is 508 g/mol. The molecule has 0 saturated carbocycles. The Labute approximate surface area is 207 Å². The molecule has 0 bridgehead atoms. The molecule has 1 aromatic heterocycles. The topological polar surface area (TPSA) is 135 Å². The summed E-state index contributed by atoms with van der Waals surface area (Å²) in [5, 5.41) is 10.8. The third-order valence-electron chi connectivity index (χ3n) is 5.45. The zero-order valence-corrected chi connectivity index (χ0v) is 19.9. The Bertz CT molecular complexity index is 1420. The van der Waals surface area contributed by atoms with E-state index in [0.29, 0.717) is 16.9 Å². The molecule has 186 valence electrons. The average Bonchev–Trinajstić information content (AvgIpc) is 3.33. The van der Waals surface area contributed by atoms with Gasteiger partial charge in [-0.1, -0.05) is 48.5 Å². The van der Waals surface area contributed by atoms with E-state index in [2.05, 4.69) is 5.32 Å². The standard InChI is InChI=1S/C26H24N2O7S/c29-25(28-31)19-10-12-21(13-11-19)34-15-14-24(36(32,33)17-18-6-2-1-3-7-18)27-26(30)23-16-20-8-4-5-9-22(20)35-23/h1-13,16,24,31H,14-15,17H2,(H,27,30)(H,28,29). The van der Waals surface area contributed by atoms with Gasteiger partial charge in [-0.25, -0.2) is 13.9 Å². The minimum Gasteiger partial charge on any atom is -0.493 e. The third kappa shape index (κ3) is 6.09. The van der Waals surface area contributed by atoms with Crippen LogP contribution in [-0.4, -0.2) is 37.4 Å². The van der Waals surface area contributed by atoms with Crippen LogP contribution in [0.4, 0.5) is 0 Å². The minimum absolute atomic E-state index is 0.00905. The molecule has 36 heavy (non-hydrogen) atoms. The molecule has 10 heteroatoms. The molecule has 0 spiro atoms. The summed E-state index contributed by atoms with van der Waals surface area (Å²) in [4.78, 5) is 24.4. The zero-order valence-electron chi connectivity index (χ0n) is 19.1. The molecule has 0 aliphatic carbocycles. The Balaban J connectivity index is 1.49. The molecular weight excluding hydrogens is 484 g/mol. The molecule has 1 heterocycles. The van der Waals surface area contributed by atoms with Crippen LogP contribution in [-0.2, 0) is 15.6 Å². The van der Waals surface area contributed by atoms with Crippen LogP contribution in [0.15, 0.2) is 89.3 Å². The Kier molecular flexibility index (Phi) is 7.67. The smallest absolute Gasteiger partial charge is 0.288 e. The Morgan fingerprint density at radius 1 is 0.917 bits per heavy atom. The van der Waals surface area contributed by atoms with Gasteiger partial charge in [0.15, 0.2) is 15.6 Å². The molecule has 2 amide bonds. The average molecular weight is 509 g/mol. The van der Waals surface area contributed by atoms with Crippen molar-refractivity contribution < 1.29 is 32.4 Å². The molecule has 4 rings (SSSR count). The maximum absolute atomic E-state index is 13.3. The van der Waals surface area contributed by atoms with E-state index in [0.717, 1.165) is 5.39 Å². The lowest BCUT2D eigenvalue weighted by Gasteiger charge is -2.19. The summed E-state index contributed by atoms with van der Waals surface area (Å²) in [6.07, 6.45) is -0.0278. The van der Waals surface area contributed by atoms with Crippen LogP contribution in [0, 0.1) is 0 Å². The van der Waals surface area contributed by atoms with Crippen LogP contribution < -0.4 is 15.5 Å². The van der Waals surface area contributed by atoms with Crippen LogP contribution in [0.3, 0.4) is 0 Å². The number of carbonyl (C=O) groups is 2. The Morgan fingerprint density at radius 3 is 2.31 bits per heavy atom. The van der Waals surface area contributed by atoms with Crippen LogP contribution in [0.5, 0.6) is 5.75 Å². The fourth-order valence-electron chi connectivity index (χ4n) is 3.61. The van der Waals surface area contributed by atoms with Gasteiger partial charge in [0, 0.05) is 17.4 Å². The molecule has 0 aliphatic heterocycles. The van der Waals surface area contributed by atoms with Gasteiger partial charge in [0.25, 0.3) is 11.8 Å². The van der Waals surface area contributed by atoms with Crippen molar-refractivity contribution in [2.24, 2.45) is 0 Å². The normalized spacial score (nSPS) is 12.1. The predicted molar refractivity (Wildman–Crippen MR) is 132 cm³/mol. The van der Waals surface area contributed by atoms with Gasteiger partial charge in [-0.3, -0.25) is 14.8 Å². The van der Waals surface area contributed by atoms with E-state index in [1.807, 2.05) is 6.07 Å². The first-order chi connectivity index (χ1) is 17.4. The summed E-state index contributed by atoms with van der Waals surface area (Å²) >= 11 is 0. The number of hydrogen-bond donors (Lipinski definition) is 3. The minimum atomic E-state index is -3.82. The SMILES string of the molecule is O=C(NO)c1ccc(OCCC(NC(=O)c2cc3ccccc3o2)S(=O)(=O)Cc2ccccc2)cc1. The number of carbonyl (C=O) groups excluding carboxylic acids is 2. The highest BCUT2D eigenvalue weighted by molar-refractivity contribution is 7.91. The maximum atomic E-state index is 13.3. The fraction of sp³-hybridized carbons (Fsp3) is 0.154. The van der Waals surface area contributed by atoms with Gasteiger partial charge < -0.3 is 14.5 Å². The highest BCUT2D eigenvalue weighted by Gasteiger charge is 2.29. The van der Waals surface area contributed by atoms with Crippen LogP contribution in [0.25, 0.3) is 11.0 Å². The molecule has 4 aromatic rings. The predicted octanol–water partition coefficient (Wildman–Crippen LogP) is 3.69. The summed E-state index contributed by atoms with van der Waals surface area (Å²) in [6, 6.07) is 23.3. The van der Waals surface area contributed by atoms with Crippen molar-refractivity contribution in [3.63, 3.8) is 0 Å². The number of amides is 2. The van der Waals surface area contributed by atoms with E-state index in [-0.39, 0.29) is 30.1 Å². The quantitative estimate of drug-likeness (QED) is 0.220. The van der Waals surface area contributed by atoms with Gasteiger partial charge in [-0.2, -0.15) is 0 Å². The van der Waals surface area contributed by atoms with E-state index in [9.17, 15) is 18.0 Å². The first kappa shape index (κ1) is 25.0. The van der Waals surface area contributed by atoms with E-state index in [1.54, 1.807) is 60.1 Å². The number of hydroxylamine groups is 1. The molecular formula is C26H24N2O7S. The van der Waals surface area contributed by atoms with Gasteiger partial charge in [0.2, 0.25) is 0 Å². The summed E-state index contributed by atoms with van der Waals surface area (Å²) in [5.41, 5.74) is 2.89. The largest absolute Gasteiger partial charge is 0.493 e. The lowest BCUT2D eigenvalue weighted by molar-refractivity contribution is 0.0706. The van der Waals surface area contributed by atoms with Crippen LogP contribution in [0.1, 0.15) is 32.9 Å². The van der Waals surface area contributed by atoms with Crippen molar-refractivity contribution in [2.75, 3.05) is 6.61 Å². The van der Waals surface area contributed by atoms with Crippen LogP contribution >= 0.6 is 0 Å². The number of para-hydroxylation sites is 1. The van der Waals surface area contributed by atoms with Crippen LogP contribution in [0.2, 0.25) is 0 Å². The van der Waals surface area contributed by atoms with Crippen molar-refractivity contribution in [3.05, 3.63) is 102 Å². The Morgan fingerprint density at radius 2 is 1.61 bits per heavy atom. The van der Waals surface area contributed by atoms with Crippen molar-refractivity contribution >= 4 is 32.6 Å².